The number of H-pyrrole nitrogens is 1. The maximum atomic E-state index is 12.5. The number of fused-ring (bicyclic) bond motifs is 1. The zero-order valence-corrected chi connectivity index (χ0v) is 14.2. The van der Waals surface area contributed by atoms with Crippen molar-refractivity contribution in [1.29, 1.82) is 0 Å². The maximum Gasteiger partial charge on any atom is 0.330 e. The summed E-state index contributed by atoms with van der Waals surface area (Å²) in [6.07, 6.45) is 6.14. The van der Waals surface area contributed by atoms with Gasteiger partial charge in [-0.15, -0.1) is 0 Å². The monoisotopic (exact) mass is 354 g/mol. The quantitative estimate of drug-likeness (QED) is 0.529. The minimum absolute atomic E-state index is 0.205. The minimum atomic E-state index is -0.448. The lowest BCUT2D eigenvalue weighted by Gasteiger charge is -2.06. The van der Waals surface area contributed by atoms with Gasteiger partial charge >= 0.3 is 11.7 Å². The van der Waals surface area contributed by atoms with Gasteiger partial charge in [-0.1, -0.05) is 12.1 Å². The zero-order chi connectivity index (χ0) is 18.5. The van der Waals surface area contributed by atoms with Crippen LogP contribution in [0.4, 0.5) is 0 Å². The van der Waals surface area contributed by atoms with E-state index in [1.807, 2.05) is 0 Å². The zero-order valence-electron chi connectivity index (χ0n) is 14.2. The Morgan fingerprint density at radius 2 is 2.08 bits per heavy atom. The van der Waals surface area contributed by atoms with Gasteiger partial charge in [-0.25, -0.2) is 14.6 Å². The number of rotatable bonds is 6. The minimum Gasteiger partial charge on any atom is -0.463 e. The molecule has 0 amide bonds. The Bertz CT molecular complexity index is 1070. The number of carbonyl (C=O) groups excluding carboxylic acids is 1. The van der Waals surface area contributed by atoms with Crippen LogP contribution in [0.15, 0.2) is 52.5 Å². The van der Waals surface area contributed by atoms with E-state index in [1.165, 1.54) is 6.08 Å². The van der Waals surface area contributed by atoms with Crippen molar-refractivity contribution in [3.63, 3.8) is 0 Å². The molecule has 0 aliphatic heterocycles. The summed E-state index contributed by atoms with van der Waals surface area (Å²) in [6, 6.07) is 6.89. The summed E-state index contributed by atoms with van der Waals surface area (Å²) in [5, 5.41) is 0.468. The van der Waals surface area contributed by atoms with E-state index in [1.54, 1.807) is 54.4 Å². The highest BCUT2D eigenvalue weighted by molar-refractivity contribution is 5.86. The number of aryl methyl sites for hydroxylation is 1. The summed E-state index contributed by atoms with van der Waals surface area (Å²) in [4.78, 5) is 42.8. The number of nitrogens with zero attached hydrogens (tertiary/aromatic N) is 3. The van der Waals surface area contributed by atoms with E-state index in [0.717, 1.165) is 4.57 Å². The van der Waals surface area contributed by atoms with Crippen LogP contribution < -0.4 is 11.2 Å². The standard InChI is InChI=1S/C18H18N4O4/c1-2-26-16(23)8-7-13-11-21(12-19-13)9-10-22-17(24)14-5-3-4-6-15(14)20-18(22)25/h3-8,11-12H,2,9-10H2,1H3,(H,20,25). The second-order valence-corrected chi connectivity index (χ2v) is 5.55. The summed E-state index contributed by atoms with van der Waals surface area (Å²) >= 11 is 0. The molecule has 8 heteroatoms. The van der Waals surface area contributed by atoms with Crippen molar-refractivity contribution in [2.24, 2.45) is 0 Å². The number of para-hydroxylation sites is 1. The predicted octanol–water partition coefficient (Wildman–Crippen LogP) is 1.16. The molecule has 0 saturated heterocycles. The fourth-order valence-corrected chi connectivity index (χ4v) is 2.55. The van der Waals surface area contributed by atoms with E-state index in [-0.39, 0.29) is 12.1 Å². The van der Waals surface area contributed by atoms with Crippen LogP contribution in [0.25, 0.3) is 17.0 Å². The average molecular weight is 354 g/mol. The van der Waals surface area contributed by atoms with Crippen molar-refractivity contribution in [3.8, 4) is 0 Å². The van der Waals surface area contributed by atoms with Gasteiger partial charge in [-0.2, -0.15) is 0 Å². The first-order chi connectivity index (χ1) is 12.6. The first kappa shape index (κ1) is 17.4. The number of ether oxygens (including phenoxy) is 1. The number of benzene rings is 1. The van der Waals surface area contributed by atoms with Crippen molar-refractivity contribution < 1.29 is 9.53 Å². The Morgan fingerprint density at radius 1 is 1.27 bits per heavy atom. The van der Waals surface area contributed by atoms with Crippen molar-refractivity contribution in [2.75, 3.05) is 6.61 Å². The van der Waals surface area contributed by atoms with Gasteiger partial charge in [0.25, 0.3) is 5.56 Å². The van der Waals surface area contributed by atoms with Crippen LogP contribution in [0.2, 0.25) is 0 Å². The Kier molecular flexibility index (Phi) is 5.12. The van der Waals surface area contributed by atoms with Crippen LogP contribution in [-0.4, -0.2) is 31.7 Å². The number of aromatic amines is 1. The molecule has 0 atom stereocenters. The van der Waals surface area contributed by atoms with Crippen LogP contribution in [0.1, 0.15) is 12.6 Å². The predicted molar refractivity (Wildman–Crippen MR) is 96.7 cm³/mol. The highest BCUT2D eigenvalue weighted by Gasteiger charge is 2.07. The number of carbonyl (C=O) groups is 1. The van der Waals surface area contributed by atoms with Crippen LogP contribution in [0.3, 0.4) is 0 Å². The number of nitrogens with one attached hydrogen (secondary N) is 1. The molecule has 134 valence electrons. The third kappa shape index (κ3) is 3.80. The first-order valence-corrected chi connectivity index (χ1v) is 8.17. The third-order valence-corrected chi connectivity index (χ3v) is 3.80. The van der Waals surface area contributed by atoms with Crippen molar-refractivity contribution in [3.05, 3.63) is 69.4 Å². The van der Waals surface area contributed by atoms with Gasteiger partial charge < -0.3 is 14.3 Å². The molecule has 1 N–H and O–H groups in total. The summed E-state index contributed by atoms with van der Waals surface area (Å²) in [5.74, 6) is -0.434. The van der Waals surface area contributed by atoms with Crippen molar-refractivity contribution in [1.82, 2.24) is 19.1 Å². The number of imidazole rings is 1. The largest absolute Gasteiger partial charge is 0.463 e. The summed E-state index contributed by atoms with van der Waals surface area (Å²) in [7, 11) is 0. The molecule has 2 aromatic heterocycles. The Hall–Kier alpha value is -3.42. The van der Waals surface area contributed by atoms with Gasteiger partial charge in [0.1, 0.15) is 0 Å². The van der Waals surface area contributed by atoms with E-state index < -0.39 is 11.7 Å². The Balaban J connectivity index is 1.74. The molecular weight excluding hydrogens is 336 g/mol. The molecule has 26 heavy (non-hydrogen) atoms. The number of hydrogen-bond donors (Lipinski definition) is 1. The van der Waals surface area contributed by atoms with Crippen LogP contribution in [-0.2, 0) is 22.6 Å². The molecule has 0 spiro atoms. The van der Waals surface area contributed by atoms with E-state index >= 15 is 0 Å². The number of esters is 1. The lowest BCUT2D eigenvalue weighted by atomic mass is 10.2. The van der Waals surface area contributed by atoms with E-state index in [4.69, 9.17) is 4.74 Å². The third-order valence-electron chi connectivity index (χ3n) is 3.80. The lowest BCUT2D eigenvalue weighted by Crippen LogP contribution is -2.36. The smallest absolute Gasteiger partial charge is 0.330 e. The Labute approximate surface area is 148 Å². The molecule has 0 radical (unpaired) electrons. The van der Waals surface area contributed by atoms with Crippen LogP contribution in [0.5, 0.6) is 0 Å². The van der Waals surface area contributed by atoms with Crippen LogP contribution in [0, 0.1) is 0 Å². The fraction of sp³-hybridized carbons (Fsp3) is 0.222. The molecule has 0 bridgehead atoms. The van der Waals surface area contributed by atoms with Gasteiger partial charge in [-0.05, 0) is 25.1 Å². The second-order valence-electron chi connectivity index (χ2n) is 5.55. The lowest BCUT2D eigenvalue weighted by molar-refractivity contribution is -0.137. The molecule has 0 unspecified atom stereocenters. The number of hydrogen-bond acceptors (Lipinski definition) is 5. The first-order valence-electron chi connectivity index (χ1n) is 8.17. The van der Waals surface area contributed by atoms with Gasteiger partial charge in [0.15, 0.2) is 0 Å². The molecular formula is C18H18N4O4. The summed E-state index contributed by atoms with van der Waals surface area (Å²) in [6.45, 7) is 2.64. The van der Waals surface area contributed by atoms with Crippen LogP contribution >= 0.6 is 0 Å². The second kappa shape index (κ2) is 7.64. The van der Waals surface area contributed by atoms with Gasteiger partial charge in [0, 0.05) is 25.4 Å². The summed E-state index contributed by atoms with van der Waals surface area (Å²) in [5.41, 5.74) is 0.328. The molecule has 2 heterocycles. The van der Waals surface area contributed by atoms with Gasteiger partial charge in [0.05, 0.1) is 29.5 Å². The van der Waals surface area contributed by atoms with Crippen molar-refractivity contribution in [2.45, 2.75) is 20.0 Å². The molecule has 0 fully saturated rings. The van der Waals surface area contributed by atoms with Gasteiger partial charge in [-0.3, -0.25) is 9.36 Å². The van der Waals surface area contributed by atoms with Crippen molar-refractivity contribution >= 4 is 22.9 Å². The van der Waals surface area contributed by atoms with E-state index in [2.05, 4.69) is 9.97 Å². The molecule has 3 aromatic rings. The van der Waals surface area contributed by atoms with Gasteiger partial charge in [0.2, 0.25) is 0 Å². The van der Waals surface area contributed by atoms with E-state index in [9.17, 15) is 14.4 Å². The molecule has 8 nitrogen and oxygen atoms in total. The topological polar surface area (TPSA) is 99.0 Å². The normalized spacial score (nSPS) is 11.3. The van der Waals surface area contributed by atoms with E-state index in [0.29, 0.717) is 29.7 Å². The maximum absolute atomic E-state index is 12.5. The molecule has 0 saturated carbocycles. The molecule has 3 rings (SSSR count). The molecule has 0 aliphatic carbocycles. The summed E-state index contributed by atoms with van der Waals surface area (Å²) < 4.78 is 7.71. The average Bonchev–Trinajstić information content (AvgIpc) is 3.08. The highest BCUT2D eigenvalue weighted by atomic mass is 16.5. The Morgan fingerprint density at radius 3 is 2.88 bits per heavy atom. The molecule has 0 aliphatic rings. The number of aromatic nitrogens is 4. The molecule has 1 aromatic carbocycles. The highest BCUT2D eigenvalue weighted by Crippen LogP contribution is 2.03. The SMILES string of the molecule is CCOC(=O)C=Cc1cn(CCn2c(=O)[nH]c3ccccc3c2=O)cn1. The fourth-order valence-electron chi connectivity index (χ4n) is 2.55.